The molecular formula is C10H21NO2S. The minimum Gasteiger partial charge on any atom is -0.396 e. The standard InChI is InChI=1S/C10H21NO2S/c1-8(6-12)5-11-9(13)7-14-10(2,3)4/h8,12H,5-7H2,1-4H3,(H,11,13). The highest BCUT2D eigenvalue weighted by atomic mass is 32.2. The second-order valence-electron chi connectivity index (χ2n) is 4.49. The number of aliphatic hydroxyl groups is 1. The third kappa shape index (κ3) is 8.38. The summed E-state index contributed by atoms with van der Waals surface area (Å²) < 4.78 is 0.125. The van der Waals surface area contributed by atoms with Gasteiger partial charge in [0.15, 0.2) is 0 Å². The van der Waals surface area contributed by atoms with Gasteiger partial charge >= 0.3 is 0 Å². The molecule has 0 aliphatic heterocycles. The largest absolute Gasteiger partial charge is 0.396 e. The Morgan fingerprint density at radius 2 is 2.07 bits per heavy atom. The van der Waals surface area contributed by atoms with Crippen LogP contribution < -0.4 is 5.32 Å². The summed E-state index contributed by atoms with van der Waals surface area (Å²) >= 11 is 1.63. The fourth-order valence-electron chi connectivity index (χ4n) is 0.686. The first-order valence-corrected chi connectivity index (χ1v) is 5.85. The second-order valence-corrected chi connectivity index (χ2v) is 6.29. The van der Waals surface area contributed by atoms with Crippen LogP contribution in [0.2, 0.25) is 0 Å². The van der Waals surface area contributed by atoms with Gasteiger partial charge in [-0.2, -0.15) is 0 Å². The summed E-state index contributed by atoms with van der Waals surface area (Å²) in [6, 6.07) is 0. The van der Waals surface area contributed by atoms with Crippen LogP contribution in [-0.2, 0) is 4.79 Å². The summed E-state index contributed by atoms with van der Waals surface area (Å²) in [5, 5.41) is 11.5. The van der Waals surface area contributed by atoms with E-state index in [0.717, 1.165) is 0 Å². The fourth-order valence-corrected chi connectivity index (χ4v) is 1.35. The first-order valence-electron chi connectivity index (χ1n) is 4.86. The fraction of sp³-hybridized carbons (Fsp3) is 0.900. The van der Waals surface area contributed by atoms with Gasteiger partial charge in [0.05, 0.1) is 5.75 Å². The van der Waals surface area contributed by atoms with Gasteiger partial charge in [-0.25, -0.2) is 0 Å². The Morgan fingerprint density at radius 1 is 1.50 bits per heavy atom. The molecule has 1 unspecified atom stereocenters. The Bertz CT molecular complexity index is 177. The highest BCUT2D eigenvalue weighted by Gasteiger charge is 2.13. The maximum Gasteiger partial charge on any atom is 0.230 e. The number of aliphatic hydroxyl groups excluding tert-OH is 1. The summed E-state index contributed by atoms with van der Waals surface area (Å²) in [4.78, 5) is 11.3. The summed E-state index contributed by atoms with van der Waals surface area (Å²) in [5.41, 5.74) is 0. The lowest BCUT2D eigenvalue weighted by Gasteiger charge is -2.17. The van der Waals surface area contributed by atoms with Crippen molar-refractivity contribution in [2.24, 2.45) is 5.92 Å². The number of carbonyl (C=O) groups excluding carboxylic acids is 1. The lowest BCUT2D eigenvalue weighted by atomic mass is 10.2. The highest BCUT2D eigenvalue weighted by molar-refractivity contribution is 8.01. The number of hydrogen-bond donors (Lipinski definition) is 2. The van der Waals surface area contributed by atoms with Crippen LogP contribution >= 0.6 is 11.8 Å². The predicted octanol–water partition coefficient (Wildman–Crippen LogP) is 1.26. The molecule has 14 heavy (non-hydrogen) atoms. The van der Waals surface area contributed by atoms with Crippen molar-refractivity contribution in [3.63, 3.8) is 0 Å². The van der Waals surface area contributed by atoms with Crippen LogP contribution in [-0.4, -0.2) is 34.7 Å². The van der Waals surface area contributed by atoms with Crippen molar-refractivity contribution >= 4 is 17.7 Å². The number of rotatable bonds is 5. The van der Waals surface area contributed by atoms with Crippen molar-refractivity contribution < 1.29 is 9.90 Å². The number of nitrogens with one attached hydrogen (secondary N) is 1. The smallest absolute Gasteiger partial charge is 0.230 e. The molecule has 0 radical (unpaired) electrons. The van der Waals surface area contributed by atoms with E-state index in [1.807, 2.05) is 6.92 Å². The van der Waals surface area contributed by atoms with E-state index in [1.165, 1.54) is 0 Å². The minimum absolute atomic E-state index is 0.0465. The molecule has 2 N–H and O–H groups in total. The molecule has 1 amide bonds. The van der Waals surface area contributed by atoms with E-state index in [2.05, 4.69) is 26.1 Å². The molecule has 4 heteroatoms. The van der Waals surface area contributed by atoms with Crippen LogP contribution in [0.4, 0.5) is 0 Å². The molecule has 0 heterocycles. The molecule has 0 aromatic carbocycles. The zero-order chi connectivity index (χ0) is 11.2. The van der Waals surface area contributed by atoms with Crippen molar-refractivity contribution in [2.75, 3.05) is 18.9 Å². The van der Waals surface area contributed by atoms with E-state index >= 15 is 0 Å². The van der Waals surface area contributed by atoms with Gasteiger partial charge < -0.3 is 10.4 Å². The minimum atomic E-state index is 0.0465. The van der Waals surface area contributed by atoms with Crippen LogP contribution in [0.5, 0.6) is 0 Å². The van der Waals surface area contributed by atoms with E-state index < -0.39 is 0 Å². The highest BCUT2D eigenvalue weighted by Crippen LogP contribution is 2.22. The van der Waals surface area contributed by atoms with E-state index in [-0.39, 0.29) is 23.2 Å². The Labute approximate surface area is 90.7 Å². The number of hydrogen-bond acceptors (Lipinski definition) is 3. The Kier molecular flexibility index (Phi) is 6.20. The van der Waals surface area contributed by atoms with Gasteiger partial charge in [-0.3, -0.25) is 4.79 Å². The van der Waals surface area contributed by atoms with Crippen LogP contribution in [0.3, 0.4) is 0 Å². The van der Waals surface area contributed by atoms with E-state index in [1.54, 1.807) is 11.8 Å². The lowest BCUT2D eigenvalue weighted by Crippen LogP contribution is -2.31. The topological polar surface area (TPSA) is 49.3 Å². The first kappa shape index (κ1) is 13.8. The molecule has 3 nitrogen and oxygen atoms in total. The van der Waals surface area contributed by atoms with Gasteiger partial charge in [-0.15, -0.1) is 11.8 Å². The third-order valence-corrected chi connectivity index (χ3v) is 2.87. The molecule has 1 atom stereocenters. The average Bonchev–Trinajstić information content (AvgIpc) is 2.09. The van der Waals surface area contributed by atoms with Crippen molar-refractivity contribution in [3.05, 3.63) is 0 Å². The van der Waals surface area contributed by atoms with Crippen molar-refractivity contribution in [3.8, 4) is 0 Å². The van der Waals surface area contributed by atoms with Gasteiger partial charge in [0.1, 0.15) is 0 Å². The van der Waals surface area contributed by atoms with Gasteiger partial charge in [0.25, 0.3) is 0 Å². The molecule has 0 rings (SSSR count). The normalized spacial score (nSPS) is 13.8. The van der Waals surface area contributed by atoms with Crippen LogP contribution in [0.25, 0.3) is 0 Å². The van der Waals surface area contributed by atoms with Crippen molar-refractivity contribution in [1.82, 2.24) is 5.32 Å². The Morgan fingerprint density at radius 3 is 2.50 bits per heavy atom. The molecular weight excluding hydrogens is 198 g/mol. The quantitative estimate of drug-likeness (QED) is 0.732. The summed E-state index contributed by atoms with van der Waals surface area (Å²) in [6.07, 6.45) is 0. The lowest BCUT2D eigenvalue weighted by molar-refractivity contribution is -0.118. The van der Waals surface area contributed by atoms with Gasteiger partial charge in [-0.05, 0) is 5.92 Å². The van der Waals surface area contributed by atoms with Gasteiger partial charge in [0, 0.05) is 17.9 Å². The summed E-state index contributed by atoms with van der Waals surface area (Å²) in [6.45, 7) is 8.83. The van der Waals surface area contributed by atoms with Crippen molar-refractivity contribution in [1.29, 1.82) is 0 Å². The summed E-state index contributed by atoms with van der Waals surface area (Å²) in [5.74, 6) is 0.672. The molecule has 0 spiro atoms. The molecule has 84 valence electrons. The molecule has 0 aliphatic rings. The number of thioether (sulfide) groups is 1. The number of amides is 1. The molecule has 0 fully saturated rings. The van der Waals surface area contributed by atoms with Crippen molar-refractivity contribution in [2.45, 2.75) is 32.4 Å². The monoisotopic (exact) mass is 219 g/mol. The zero-order valence-corrected chi connectivity index (χ0v) is 10.3. The predicted molar refractivity (Wildman–Crippen MR) is 61.5 cm³/mol. The first-order chi connectivity index (χ1) is 6.35. The van der Waals surface area contributed by atoms with Gasteiger partial charge in [-0.1, -0.05) is 27.7 Å². The number of carbonyl (C=O) groups is 1. The van der Waals surface area contributed by atoms with Crippen LogP contribution in [0.1, 0.15) is 27.7 Å². The van der Waals surface area contributed by atoms with Crippen LogP contribution in [0.15, 0.2) is 0 Å². The third-order valence-electron chi connectivity index (χ3n) is 1.60. The zero-order valence-electron chi connectivity index (χ0n) is 9.46. The summed E-state index contributed by atoms with van der Waals surface area (Å²) in [7, 11) is 0. The van der Waals surface area contributed by atoms with E-state index in [4.69, 9.17) is 5.11 Å². The maximum absolute atomic E-state index is 11.3. The molecule has 0 saturated carbocycles. The van der Waals surface area contributed by atoms with E-state index in [9.17, 15) is 4.79 Å². The second kappa shape index (κ2) is 6.30. The Hall–Kier alpha value is -0.220. The molecule has 0 bridgehead atoms. The molecule has 0 saturated heterocycles. The van der Waals surface area contributed by atoms with E-state index in [0.29, 0.717) is 12.3 Å². The SMILES string of the molecule is CC(CO)CNC(=O)CSC(C)(C)C. The Balaban J connectivity index is 3.57. The molecule has 0 aromatic rings. The molecule has 0 aliphatic carbocycles. The maximum atomic E-state index is 11.3. The van der Waals surface area contributed by atoms with Gasteiger partial charge in [0.2, 0.25) is 5.91 Å². The molecule has 0 aromatic heterocycles. The average molecular weight is 219 g/mol. The van der Waals surface area contributed by atoms with Crippen LogP contribution in [0, 0.1) is 5.92 Å².